The third kappa shape index (κ3) is 4.45. The minimum absolute atomic E-state index is 0.00449. The van der Waals surface area contributed by atoms with Crippen LogP contribution in [0.1, 0.15) is 14.6 Å². The van der Waals surface area contributed by atoms with Crippen molar-refractivity contribution in [2.75, 3.05) is 32.4 Å². The fourth-order valence-corrected chi connectivity index (χ4v) is 4.05. The van der Waals surface area contributed by atoms with Crippen molar-refractivity contribution in [3.8, 4) is 17.0 Å². The molecule has 3 aromatic heterocycles. The van der Waals surface area contributed by atoms with Crippen molar-refractivity contribution < 1.29 is 34.9 Å². The number of rotatable bonds is 5. The van der Waals surface area contributed by atoms with E-state index in [-0.39, 0.29) is 35.1 Å². The number of methoxy groups -OCH3 is 1. The highest BCUT2D eigenvalue weighted by molar-refractivity contribution is 5.89. The maximum Gasteiger partial charge on any atom is 0.408 e. The predicted octanol–water partition coefficient (Wildman–Crippen LogP) is 3.46. The van der Waals surface area contributed by atoms with Crippen molar-refractivity contribution in [2.24, 2.45) is 0 Å². The molecule has 1 atom stereocenters. The Labute approximate surface area is 203 Å². The molecule has 1 N–H and O–H groups in total. The van der Waals surface area contributed by atoms with Crippen LogP contribution in [0.15, 0.2) is 30.5 Å². The van der Waals surface area contributed by atoms with Crippen molar-refractivity contribution in [1.82, 2.24) is 34.5 Å². The molecule has 0 bridgehead atoms. The van der Waals surface area contributed by atoms with E-state index in [4.69, 9.17) is 13.0 Å². The first-order valence-electron chi connectivity index (χ1n) is 13.3. The summed E-state index contributed by atoms with van der Waals surface area (Å²) >= 11 is 0. The van der Waals surface area contributed by atoms with Crippen LogP contribution in [0.5, 0.6) is 5.88 Å². The van der Waals surface area contributed by atoms with E-state index in [0.29, 0.717) is 15.1 Å². The molecule has 0 aliphatic carbocycles. The molecule has 0 spiro atoms. The van der Waals surface area contributed by atoms with E-state index < -0.39 is 57.1 Å². The van der Waals surface area contributed by atoms with E-state index in [2.05, 4.69) is 25.7 Å². The largest absolute Gasteiger partial charge is 0.479 e. The molecule has 35 heavy (non-hydrogen) atoms. The summed E-state index contributed by atoms with van der Waals surface area (Å²) in [7, 11) is -3.01. The third-order valence-electron chi connectivity index (χ3n) is 5.63. The summed E-state index contributed by atoms with van der Waals surface area (Å²) in [4.78, 5) is 4.71. The summed E-state index contributed by atoms with van der Waals surface area (Å²) in [5, 5.41) is 13.9. The number of likely N-dealkylation sites (tertiary alicyclic amines) is 1. The minimum atomic E-state index is -4.56. The molecule has 0 unspecified atom stereocenters. The standard InChI is InChI=1S/C21H21F5N8O/c1-32-7-6-16(20(22,23)10-32)27-19-28-18(35-2)17-13(5-8-33(17)30-19)12-3-4-14-15(9-12)34(31-29-14)11-21(24,25)26/h3-5,8-9,16H,6-7,10-11H2,1-2H3,(H,27,30)/t16-/m1/s1/i1D3,2D3. The van der Waals surface area contributed by atoms with Crippen LogP contribution in [0, 0.1) is 0 Å². The van der Waals surface area contributed by atoms with Crippen molar-refractivity contribution in [3.63, 3.8) is 0 Å². The lowest BCUT2D eigenvalue weighted by Gasteiger charge is -2.36. The number of fused-ring (bicyclic) bond motifs is 2. The molecule has 186 valence electrons. The van der Waals surface area contributed by atoms with Crippen LogP contribution in [0.2, 0.25) is 0 Å². The number of anilines is 1. The van der Waals surface area contributed by atoms with E-state index in [1.807, 2.05) is 0 Å². The highest BCUT2D eigenvalue weighted by Crippen LogP contribution is 2.34. The first-order valence-corrected chi connectivity index (χ1v) is 10.3. The minimum Gasteiger partial charge on any atom is -0.479 e. The Balaban J connectivity index is 1.53. The van der Waals surface area contributed by atoms with Crippen LogP contribution in [-0.4, -0.2) is 79.7 Å². The van der Waals surface area contributed by atoms with Gasteiger partial charge in [-0.1, -0.05) is 11.3 Å². The number of nitrogens with zero attached hydrogens (tertiary/aromatic N) is 7. The van der Waals surface area contributed by atoms with Crippen molar-refractivity contribution in [2.45, 2.75) is 31.1 Å². The number of halogens is 5. The van der Waals surface area contributed by atoms with E-state index in [9.17, 15) is 22.0 Å². The highest BCUT2D eigenvalue weighted by atomic mass is 19.4. The Bertz CT molecular complexity index is 1580. The number of ether oxygens (including phenoxy) is 1. The van der Waals surface area contributed by atoms with Gasteiger partial charge in [-0.05, 0) is 37.2 Å². The fourth-order valence-electron chi connectivity index (χ4n) is 4.05. The van der Waals surface area contributed by atoms with Crippen molar-refractivity contribution >= 4 is 22.5 Å². The Morgan fingerprint density at radius 1 is 1.29 bits per heavy atom. The number of nitrogens with one attached hydrogen (secondary N) is 1. The van der Waals surface area contributed by atoms with Gasteiger partial charge in [0.05, 0.1) is 29.3 Å². The molecule has 9 nitrogen and oxygen atoms in total. The molecule has 1 aliphatic heterocycles. The lowest BCUT2D eigenvalue weighted by molar-refractivity contribution is -0.142. The van der Waals surface area contributed by atoms with E-state index in [1.165, 1.54) is 30.5 Å². The lowest BCUT2D eigenvalue weighted by Crippen LogP contribution is -2.53. The molecular formula is C21H21F5N8O. The highest BCUT2D eigenvalue weighted by Gasteiger charge is 2.44. The van der Waals surface area contributed by atoms with Crippen LogP contribution in [-0.2, 0) is 6.54 Å². The van der Waals surface area contributed by atoms with E-state index in [0.717, 1.165) is 4.52 Å². The van der Waals surface area contributed by atoms with Crippen LogP contribution < -0.4 is 10.1 Å². The van der Waals surface area contributed by atoms with Crippen LogP contribution >= 0.6 is 0 Å². The zero-order chi connectivity index (χ0) is 30.0. The Morgan fingerprint density at radius 3 is 2.89 bits per heavy atom. The second-order valence-electron chi connectivity index (χ2n) is 8.10. The molecule has 1 aliphatic rings. The topological polar surface area (TPSA) is 85.4 Å². The quantitative estimate of drug-likeness (QED) is 0.419. The van der Waals surface area contributed by atoms with E-state index >= 15 is 0 Å². The van der Waals surface area contributed by atoms with Gasteiger partial charge in [-0.2, -0.15) is 18.2 Å². The molecular weight excluding hydrogens is 475 g/mol. The SMILES string of the molecule is [2H]C([2H])([2H])Oc1nc(N[C@@H]2CCN(C([2H])([2H])[2H])CC2(F)F)nn2ccc(-c3ccc4nnn(CC(F)(F)F)c4c3)c12. The molecule has 4 heterocycles. The zero-order valence-electron chi connectivity index (χ0n) is 23.7. The van der Waals surface area contributed by atoms with Gasteiger partial charge in [-0.15, -0.1) is 10.2 Å². The normalized spacial score (nSPS) is 22.1. The average Bonchev–Trinajstić information content (AvgIpc) is 3.41. The monoisotopic (exact) mass is 502 g/mol. The molecule has 1 saturated heterocycles. The van der Waals surface area contributed by atoms with Gasteiger partial charge in [0.2, 0.25) is 11.8 Å². The number of alkyl halides is 5. The number of hydrogen-bond donors (Lipinski definition) is 1. The van der Waals surface area contributed by atoms with Gasteiger partial charge in [0.15, 0.2) is 0 Å². The Hall–Kier alpha value is -3.55. The lowest BCUT2D eigenvalue weighted by atomic mass is 10.0. The van der Waals surface area contributed by atoms with Gasteiger partial charge in [0.25, 0.3) is 5.92 Å². The smallest absolute Gasteiger partial charge is 0.408 e. The molecule has 0 radical (unpaired) electrons. The molecule has 0 saturated carbocycles. The average molecular weight is 502 g/mol. The van der Waals surface area contributed by atoms with Gasteiger partial charge in [0.1, 0.15) is 17.6 Å². The Kier molecular flexibility index (Phi) is 4.02. The van der Waals surface area contributed by atoms with Crippen LogP contribution in [0.3, 0.4) is 0 Å². The second-order valence-corrected chi connectivity index (χ2v) is 8.10. The number of benzene rings is 1. The number of aromatic nitrogens is 6. The van der Waals surface area contributed by atoms with Crippen LogP contribution in [0.25, 0.3) is 27.7 Å². The van der Waals surface area contributed by atoms with E-state index in [1.54, 1.807) is 0 Å². The molecule has 1 fully saturated rings. The molecule has 14 heteroatoms. The van der Waals surface area contributed by atoms with Gasteiger partial charge < -0.3 is 15.0 Å². The summed E-state index contributed by atoms with van der Waals surface area (Å²) in [6, 6.07) is 4.24. The number of hydrogen-bond acceptors (Lipinski definition) is 7. The van der Waals surface area contributed by atoms with Crippen molar-refractivity contribution in [3.05, 3.63) is 30.5 Å². The summed E-state index contributed by atoms with van der Waals surface area (Å²) in [6.07, 6.45) is -3.47. The van der Waals surface area contributed by atoms with Crippen molar-refractivity contribution in [1.29, 1.82) is 0 Å². The molecule has 1 aromatic carbocycles. The molecule has 0 amide bonds. The van der Waals surface area contributed by atoms with Crippen LogP contribution in [0.4, 0.5) is 27.9 Å². The molecule has 4 aromatic rings. The second kappa shape index (κ2) is 8.29. The summed E-state index contributed by atoms with van der Waals surface area (Å²) in [5.74, 6) is -4.41. The summed E-state index contributed by atoms with van der Waals surface area (Å²) in [5.41, 5.74) is 0.851. The maximum absolute atomic E-state index is 14.9. The summed E-state index contributed by atoms with van der Waals surface area (Å²) < 4.78 is 120. The Morgan fingerprint density at radius 2 is 2.14 bits per heavy atom. The van der Waals surface area contributed by atoms with Gasteiger partial charge in [0, 0.05) is 22.4 Å². The van der Waals surface area contributed by atoms with Gasteiger partial charge in [-0.3, -0.25) is 0 Å². The van der Waals surface area contributed by atoms with Gasteiger partial charge in [-0.25, -0.2) is 18.0 Å². The first kappa shape index (κ1) is 17.0. The summed E-state index contributed by atoms with van der Waals surface area (Å²) in [6.45, 7) is -5.29. The third-order valence-corrected chi connectivity index (χ3v) is 5.63. The number of piperidine rings is 1. The maximum atomic E-state index is 14.9. The van der Waals surface area contributed by atoms with Gasteiger partial charge >= 0.3 is 6.18 Å². The zero-order valence-corrected chi connectivity index (χ0v) is 17.7. The first-order chi connectivity index (χ1) is 18.9. The molecule has 5 rings (SSSR count). The predicted molar refractivity (Wildman–Crippen MR) is 117 cm³/mol. The fraction of sp³-hybridized carbons (Fsp3) is 0.429.